The molecule has 0 fully saturated rings. The molecule has 5 heterocycles. The van der Waals surface area contributed by atoms with Gasteiger partial charge in [0.25, 0.3) is 0 Å². The minimum Gasteiger partial charge on any atom is -0.515 e. The SMILES string of the molecule is CC(C)(C)C1=CC2=NC1=CC1=NC(=C(C(C)(C)C)C1=CO)C=C1C=C(C(C)(C)C)C(=N1)C=c1cc(C(C)(C)C)c([nH]1)=C2. The van der Waals surface area contributed by atoms with Crippen LogP contribution in [-0.4, -0.2) is 27.2 Å². The average Bonchev–Trinajstić information content (AvgIpc) is 3.57. The highest BCUT2D eigenvalue weighted by Crippen LogP contribution is 2.43. The molecule has 0 amide bonds. The van der Waals surface area contributed by atoms with E-state index < -0.39 is 0 Å². The predicted octanol–water partition coefficient (Wildman–Crippen LogP) is 7.71. The van der Waals surface area contributed by atoms with Gasteiger partial charge in [0.05, 0.1) is 40.5 Å². The minimum absolute atomic E-state index is 0.0679. The number of rotatable bonds is 0. The lowest BCUT2D eigenvalue weighted by Crippen LogP contribution is -2.22. The summed E-state index contributed by atoms with van der Waals surface area (Å²) in [6.45, 7) is 26.5. The number of aliphatic hydroxyl groups excluding tert-OH is 1. The number of H-pyrrole nitrogens is 1. The van der Waals surface area contributed by atoms with Crippen molar-refractivity contribution in [2.75, 3.05) is 0 Å². The minimum atomic E-state index is -0.258. The maximum Gasteiger partial charge on any atom is 0.0889 e. The van der Waals surface area contributed by atoms with Crippen LogP contribution in [0.2, 0.25) is 0 Å². The molecule has 0 aromatic carbocycles. The second-order valence-corrected chi connectivity index (χ2v) is 15.9. The van der Waals surface area contributed by atoms with E-state index in [1.165, 1.54) is 17.4 Å². The molecule has 0 saturated heterocycles. The van der Waals surface area contributed by atoms with Crippen LogP contribution < -0.4 is 10.7 Å². The second kappa shape index (κ2) is 9.65. The van der Waals surface area contributed by atoms with E-state index >= 15 is 0 Å². The first-order valence-corrected chi connectivity index (χ1v) is 14.9. The van der Waals surface area contributed by atoms with E-state index in [-0.39, 0.29) is 21.7 Å². The number of fused-ring (bicyclic) bond motifs is 5. The van der Waals surface area contributed by atoms with Crippen LogP contribution in [0.5, 0.6) is 0 Å². The molecule has 0 saturated carbocycles. The lowest BCUT2D eigenvalue weighted by atomic mass is 9.80. The standard InChI is InChI=1S/C37H46N4O/c1-34(2,3)25-13-21-16-30-26(35(4,5)6)15-23(39-30)18-32-33(37(10,11)12)24(20-42)28(41-32)19-31-27(36(7,8)9)14-22(40-31)17-29(25)38-21/h13-20,38,42H,1-12H3. The van der Waals surface area contributed by atoms with Crippen LogP contribution >= 0.6 is 0 Å². The average molecular weight is 563 g/mol. The van der Waals surface area contributed by atoms with Crippen molar-refractivity contribution in [3.05, 3.63) is 92.3 Å². The Bertz CT molecular complexity index is 1780. The van der Waals surface area contributed by atoms with Gasteiger partial charge in [-0.2, -0.15) is 0 Å². The Morgan fingerprint density at radius 2 is 1.31 bits per heavy atom. The smallest absolute Gasteiger partial charge is 0.0889 e. The van der Waals surface area contributed by atoms with Crippen molar-refractivity contribution in [3.8, 4) is 0 Å². The maximum atomic E-state index is 10.6. The summed E-state index contributed by atoms with van der Waals surface area (Å²) in [5.74, 6) is 0. The number of allylic oxidation sites excluding steroid dienone is 8. The highest BCUT2D eigenvalue weighted by Gasteiger charge is 2.34. The highest BCUT2D eigenvalue weighted by atomic mass is 16.2. The molecule has 5 rings (SSSR count). The van der Waals surface area contributed by atoms with Gasteiger partial charge in [0, 0.05) is 16.3 Å². The molecule has 42 heavy (non-hydrogen) atoms. The summed E-state index contributed by atoms with van der Waals surface area (Å²) in [6.07, 6.45) is 14.0. The van der Waals surface area contributed by atoms with Crippen LogP contribution in [0.1, 0.15) is 88.6 Å². The van der Waals surface area contributed by atoms with E-state index in [2.05, 4.69) is 125 Å². The molecule has 0 atom stereocenters. The molecule has 1 aromatic rings. The number of nitrogens with one attached hydrogen (secondary N) is 1. The fourth-order valence-corrected chi connectivity index (χ4v) is 5.99. The summed E-state index contributed by atoms with van der Waals surface area (Å²) >= 11 is 0. The largest absolute Gasteiger partial charge is 0.515 e. The molecular formula is C37H46N4O. The van der Waals surface area contributed by atoms with Gasteiger partial charge >= 0.3 is 0 Å². The van der Waals surface area contributed by atoms with Crippen molar-refractivity contribution in [2.45, 2.75) is 88.5 Å². The van der Waals surface area contributed by atoms with Crippen molar-refractivity contribution >= 4 is 29.3 Å². The molecule has 0 spiro atoms. The zero-order valence-corrected chi connectivity index (χ0v) is 27.4. The monoisotopic (exact) mass is 562 g/mol. The van der Waals surface area contributed by atoms with Gasteiger partial charge < -0.3 is 10.1 Å². The van der Waals surface area contributed by atoms with E-state index in [0.29, 0.717) is 5.71 Å². The van der Waals surface area contributed by atoms with Crippen LogP contribution in [0.4, 0.5) is 0 Å². The van der Waals surface area contributed by atoms with Crippen molar-refractivity contribution in [2.24, 2.45) is 31.2 Å². The number of aliphatic imine (C=N–C) groups is 3. The summed E-state index contributed by atoms with van der Waals surface area (Å²) in [4.78, 5) is 19.0. The van der Waals surface area contributed by atoms with Crippen LogP contribution in [0.3, 0.4) is 0 Å². The van der Waals surface area contributed by atoms with Crippen molar-refractivity contribution in [3.63, 3.8) is 0 Å². The van der Waals surface area contributed by atoms with Crippen LogP contribution in [0, 0.1) is 16.2 Å². The zero-order valence-electron chi connectivity index (χ0n) is 27.4. The fraction of sp³-hybridized carbons (Fsp3) is 0.432. The molecule has 0 radical (unpaired) electrons. The third kappa shape index (κ3) is 5.54. The summed E-state index contributed by atoms with van der Waals surface area (Å²) in [7, 11) is 0. The van der Waals surface area contributed by atoms with Crippen molar-refractivity contribution in [1.29, 1.82) is 0 Å². The topological polar surface area (TPSA) is 73.1 Å². The number of hydrogen-bond donors (Lipinski definition) is 2. The molecule has 5 heteroatoms. The van der Waals surface area contributed by atoms with Crippen molar-refractivity contribution < 1.29 is 5.11 Å². The molecule has 2 N–H and O–H groups in total. The van der Waals surface area contributed by atoms with Crippen LogP contribution in [0.15, 0.2) is 91.0 Å². The third-order valence-corrected chi connectivity index (χ3v) is 7.99. The number of hydrogen-bond acceptors (Lipinski definition) is 4. The lowest BCUT2D eigenvalue weighted by molar-refractivity contribution is 0.461. The first-order chi connectivity index (χ1) is 19.3. The van der Waals surface area contributed by atoms with E-state index in [1.807, 2.05) is 6.08 Å². The Hall–Kier alpha value is -3.73. The molecular weight excluding hydrogens is 516 g/mol. The number of aromatic amines is 1. The molecule has 220 valence electrons. The van der Waals surface area contributed by atoms with Gasteiger partial charge in [-0.3, -0.25) is 0 Å². The van der Waals surface area contributed by atoms with Gasteiger partial charge in [0.1, 0.15) is 0 Å². The Morgan fingerprint density at radius 1 is 0.643 bits per heavy atom. The maximum absolute atomic E-state index is 10.6. The quantitative estimate of drug-likeness (QED) is 0.312. The van der Waals surface area contributed by atoms with Gasteiger partial charge in [-0.1, -0.05) is 83.1 Å². The molecule has 0 unspecified atom stereocenters. The third-order valence-electron chi connectivity index (χ3n) is 7.99. The molecule has 8 bridgehead atoms. The molecule has 4 aliphatic rings. The molecule has 5 nitrogen and oxygen atoms in total. The Morgan fingerprint density at radius 3 is 1.88 bits per heavy atom. The number of aliphatic hydroxyl groups is 1. The Kier molecular flexibility index (Phi) is 6.84. The normalized spacial score (nSPS) is 20.4. The predicted molar refractivity (Wildman–Crippen MR) is 178 cm³/mol. The highest BCUT2D eigenvalue weighted by molar-refractivity contribution is 6.24. The van der Waals surface area contributed by atoms with Crippen LogP contribution in [0.25, 0.3) is 12.2 Å². The van der Waals surface area contributed by atoms with Gasteiger partial charge in [-0.25, -0.2) is 15.0 Å². The number of nitrogens with zero attached hydrogens (tertiary/aromatic N) is 3. The molecule has 1 aromatic heterocycles. The molecule has 0 aliphatic carbocycles. The number of aromatic nitrogens is 1. The van der Waals surface area contributed by atoms with E-state index in [9.17, 15) is 5.11 Å². The Balaban J connectivity index is 1.89. The lowest BCUT2D eigenvalue weighted by Gasteiger charge is -2.23. The molecule has 4 aliphatic heterocycles. The second-order valence-electron chi connectivity index (χ2n) is 15.9. The van der Waals surface area contributed by atoms with Gasteiger partial charge in [0.2, 0.25) is 0 Å². The first-order valence-electron chi connectivity index (χ1n) is 14.9. The summed E-state index contributed by atoms with van der Waals surface area (Å²) in [6, 6.07) is 2.25. The van der Waals surface area contributed by atoms with Gasteiger partial charge in [-0.05, 0) is 86.5 Å². The summed E-state index contributed by atoms with van der Waals surface area (Å²) in [5, 5.41) is 12.6. The van der Waals surface area contributed by atoms with E-state index in [1.54, 1.807) is 0 Å². The van der Waals surface area contributed by atoms with E-state index in [4.69, 9.17) is 15.0 Å². The fourth-order valence-electron chi connectivity index (χ4n) is 5.99. The van der Waals surface area contributed by atoms with Crippen molar-refractivity contribution in [1.82, 2.24) is 4.98 Å². The Labute approximate surface area is 251 Å². The van der Waals surface area contributed by atoms with E-state index in [0.717, 1.165) is 55.9 Å². The van der Waals surface area contributed by atoms with Gasteiger partial charge in [-0.15, -0.1) is 0 Å². The van der Waals surface area contributed by atoms with Crippen LogP contribution in [-0.2, 0) is 5.41 Å². The zero-order chi connectivity index (χ0) is 31.0. The summed E-state index contributed by atoms with van der Waals surface area (Å²) in [5.41, 5.74) is 9.80. The van der Waals surface area contributed by atoms with Gasteiger partial charge in [0.15, 0.2) is 0 Å². The summed E-state index contributed by atoms with van der Waals surface area (Å²) < 4.78 is 0. The first kappa shape index (κ1) is 29.8.